The third kappa shape index (κ3) is 2.79. The molecule has 0 radical (unpaired) electrons. The van der Waals surface area contributed by atoms with Crippen molar-refractivity contribution in [3.05, 3.63) is 27.9 Å². The molecule has 102 valence electrons. The Morgan fingerprint density at radius 1 is 1.63 bits per heavy atom. The number of aliphatic hydroxyl groups is 1. The minimum Gasteiger partial charge on any atom is -0.391 e. The van der Waals surface area contributed by atoms with E-state index in [-0.39, 0.29) is 23.6 Å². The van der Waals surface area contributed by atoms with E-state index < -0.39 is 16.9 Å². The van der Waals surface area contributed by atoms with Crippen LogP contribution in [0, 0.1) is 10.1 Å². The molecule has 0 bridgehead atoms. The van der Waals surface area contributed by atoms with Crippen molar-refractivity contribution >= 4 is 17.4 Å². The number of anilines is 1. The summed E-state index contributed by atoms with van der Waals surface area (Å²) in [5, 5.41) is 20.2. The zero-order valence-corrected chi connectivity index (χ0v) is 10.2. The van der Waals surface area contributed by atoms with Crippen molar-refractivity contribution < 1.29 is 14.8 Å². The Morgan fingerprint density at radius 3 is 3.00 bits per heavy atom. The molecule has 1 aliphatic rings. The predicted octanol–water partition coefficient (Wildman–Crippen LogP) is 0.169. The summed E-state index contributed by atoms with van der Waals surface area (Å²) < 4.78 is 0. The van der Waals surface area contributed by atoms with Gasteiger partial charge in [-0.25, -0.2) is 4.98 Å². The van der Waals surface area contributed by atoms with Gasteiger partial charge in [0.1, 0.15) is 12.0 Å². The second kappa shape index (κ2) is 5.19. The number of hydrogen-bond acceptors (Lipinski definition) is 6. The highest BCUT2D eigenvalue weighted by Gasteiger charge is 2.26. The number of nitrogens with two attached hydrogens (primary N) is 1. The fourth-order valence-electron chi connectivity index (χ4n) is 2.04. The average molecular weight is 266 g/mol. The standard InChI is InChI=1S/C11H14N4O4/c12-10-9(4-7(5-13-10)15(18)19)11(17)14-3-1-2-8(16)6-14/h4-5,8,16H,1-3,6H2,(H2,12,13). The van der Waals surface area contributed by atoms with Crippen LogP contribution in [0.3, 0.4) is 0 Å². The lowest BCUT2D eigenvalue weighted by Gasteiger charge is -2.30. The fourth-order valence-corrected chi connectivity index (χ4v) is 2.04. The Labute approximate surface area is 109 Å². The van der Waals surface area contributed by atoms with E-state index in [0.717, 1.165) is 12.3 Å². The number of carbonyl (C=O) groups excluding carboxylic acids is 1. The average Bonchev–Trinajstić information content (AvgIpc) is 2.38. The van der Waals surface area contributed by atoms with Crippen LogP contribution in [-0.4, -0.2) is 45.0 Å². The summed E-state index contributed by atoms with van der Waals surface area (Å²) >= 11 is 0. The van der Waals surface area contributed by atoms with Crippen molar-refractivity contribution in [3.63, 3.8) is 0 Å². The Hall–Kier alpha value is -2.22. The summed E-state index contributed by atoms with van der Waals surface area (Å²) in [6, 6.07) is 1.12. The third-order valence-electron chi connectivity index (χ3n) is 3.03. The van der Waals surface area contributed by atoms with E-state index >= 15 is 0 Å². The van der Waals surface area contributed by atoms with Crippen LogP contribution in [0.1, 0.15) is 23.2 Å². The molecule has 1 saturated heterocycles. The fraction of sp³-hybridized carbons (Fsp3) is 0.455. The molecule has 8 nitrogen and oxygen atoms in total. The van der Waals surface area contributed by atoms with Gasteiger partial charge < -0.3 is 15.7 Å². The topological polar surface area (TPSA) is 123 Å². The van der Waals surface area contributed by atoms with Crippen LogP contribution in [0.4, 0.5) is 11.5 Å². The first kappa shape index (κ1) is 13.2. The van der Waals surface area contributed by atoms with Crippen LogP contribution in [-0.2, 0) is 0 Å². The maximum absolute atomic E-state index is 12.2. The summed E-state index contributed by atoms with van der Waals surface area (Å²) in [6.45, 7) is 0.707. The van der Waals surface area contributed by atoms with Gasteiger partial charge in [-0.15, -0.1) is 0 Å². The highest BCUT2D eigenvalue weighted by molar-refractivity contribution is 5.98. The summed E-state index contributed by atoms with van der Waals surface area (Å²) in [5.74, 6) is -0.483. The van der Waals surface area contributed by atoms with E-state index in [2.05, 4.69) is 4.98 Å². The second-order valence-electron chi connectivity index (χ2n) is 4.43. The van der Waals surface area contributed by atoms with Gasteiger partial charge in [0.15, 0.2) is 0 Å². The molecule has 8 heteroatoms. The Bertz CT molecular complexity index is 519. The number of β-amino-alcohol motifs (C(OH)–C–C–N with tert-alkyl or cyclic N) is 1. The smallest absolute Gasteiger partial charge is 0.288 e. The molecule has 1 unspecified atom stereocenters. The first-order valence-corrected chi connectivity index (χ1v) is 5.86. The number of amides is 1. The Kier molecular flexibility index (Phi) is 3.61. The number of rotatable bonds is 2. The van der Waals surface area contributed by atoms with E-state index in [4.69, 9.17) is 5.73 Å². The lowest BCUT2D eigenvalue weighted by molar-refractivity contribution is -0.385. The number of nitrogen functional groups attached to an aromatic ring is 1. The quantitative estimate of drug-likeness (QED) is 0.581. The van der Waals surface area contributed by atoms with E-state index in [1.165, 1.54) is 4.90 Å². The van der Waals surface area contributed by atoms with E-state index in [9.17, 15) is 20.0 Å². The molecule has 0 spiro atoms. The minimum absolute atomic E-state index is 0.00306. The number of aliphatic hydroxyl groups excluding tert-OH is 1. The van der Waals surface area contributed by atoms with Crippen LogP contribution >= 0.6 is 0 Å². The highest BCUT2D eigenvalue weighted by Crippen LogP contribution is 2.20. The van der Waals surface area contributed by atoms with Crippen molar-refractivity contribution in [1.82, 2.24) is 9.88 Å². The van der Waals surface area contributed by atoms with Crippen molar-refractivity contribution in [2.24, 2.45) is 0 Å². The first-order valence-electron chi connectivity index (χ1n) is 5.86. The van der Waals surface area contributed by atoms with Gasteiger partial charge in [-0.2, -0.15) is 0 Å². The molecule has 1 aliphatic heterocycles. The van der Waals surface area contributed by atoms with Gasteiger partial charge in [0.25, 0.3) is 11.6 Å². The molecular weight excluding hydrogens is 252 g/mol. The van der Waals surface area contributed by atoms with E-state index in [1.807, 2.05) is 0 Å². The summed E-state index contributed by atoms with van der Waals surface area (Å²) in [7, 11) is 0. The zero-order chi connectivity index (χ0) is 14.0. The summed E-state index contributed by atoms with van der Waals surface area (Å²) in [5.41, 5.74) is 5.31. The molecule has 1 aromatic heterocycles. The number of carbonyl (C=O) groups is 1. The van der Waals surface area contributed by atoms with Gasteiger partial charge in [-0.1, -0.05) is 0 Å². The number of hydrogen-bond donors (Lipinski definition) is 2. The number of nitrogens with zero attached hydrogens (tertiary/aromatic N) is 3. The molecule has 2 heterocycles. The van der Waals surface area contributed by atoms with Gasteiger partial charge in [-0.3, -0.25) is 14.9 Å². The van der Waals surface area contributed by atoms with E-state index in [0.29, 0.717) is 19.4 Å². The van der Waals surface area contributed by atoms with Gasteiger partial charge in [-0.05, 0) is 12.8 Å². The van der Waals surface area contributed by atoms with Gasteiger partial charge in [0, 0.05) is 19.2 Å². The normalized spacial score (nSPS) is 19.2. The van der Waals surface area contributed by atoms with Crippen LogP contribution in [0.25, 0.3) is 0 Å². The largest absolute Gasteiger partial charge is 0.391 e. The summed E-state index contributed by atoms with van der Waals surface area (Å²) in [4.78, 5) is 27.4. The number of aromatic nitrogens is 1. The van der Waals surface area contributed by atoms with Gasteiger partial charge in [0.05, 0.1) is 16.6 Å². The molecule has 0 aromatic carbocycles. The lowest BCUT2D eigenvalue weighted by Crippen LogP contribution is -2.42. The zero-order valence-electron chi connectivity index (χ0n) is 10.2. The molecule has 1 amide bonds. The lowest BCUT2D eigenvalue weighted by atomic mass is 10.1. The Morgan fingerprint density at radius 2 is 2.37 bits per heavy atom. The SMILES string of the molecule is Nc1ncc([N+](=O)[O-])cc1C(=O)N1CCCC(O)C1. The molecule has 2 rings (SSSR count). The van der Waals surface area contributed by atoms with Crippen molar-refractivity contribution in [3.8, 4) is 0 Å². The van der Waals surface area contributed by atoms with Crippen LogP contribution in [0.15, 0.2) is 12.3 Å². The van der Waals surface area contributed by atoms with E-state index in [1.54, 1.807) is 0 Å². The number of likely N-dealkylation sites (tertiary alicyclic amines) is 1. The van der Waals surface area contributed by atoms with Gasteiger partial charge in [0.2, 0.25) is 0 Å². The maximum atomic E-state index is 12.2. The van der Waals surface area contributed by atoms with Crippen molar-refractivity contribution in [2.75, 3.05) is 18.8 Å². The molecule has 1 fully saturated rings. The number of nitro groups is 1. The maximum Gasteiger partial charge on any atom is 0.288 e. The molecule has 1 atom stereocenters. The van der Waals surface area contributed by atoms with Crippen LogP contribution < -0.4 is 5.73 Å². The van der Waals surface area contributed by atoms with Gasteiger partial charge >= 0.3 is 0 Å². The second-order valence-corrected chi connectivity index (χ2v) is 4.43. The first-order chi connectivity index (χ1) is 8.99. The molecule has 19 heavy (non-hydrogen) atoms. The van der Waals surface area contributed by atoms with Crippen molar-refractivity contribution in [1.29, 1.82) is 0 Å². The monoisotopic (exact) mass is 266 g/mol. The molecule has 3 N–H and O–H groups in total. The highest BCUT2D eigenvalue weighted by atomic mass is 16.6. The minimum atomic E-state index is -0.631. The molecule has 1 aromatic rings. The third-order valence-corrected chi connectivity index (χ3v) is 3.03. The molecule has 0 saturated carbocycles. The predicted molar refractivity (Wildman–Crippen MR) is 66.4 cm³/mol. The molecular formula is C11H14N4O4. The Balaban J connectivity index is 2.27. The van der Waals surface area contributed by atoms with Crippen molar-refractivity contribution in [2.45, 2.75) is 18.9 Å². The van der Waals surface area contributed by atoms with Crippen LogP contribution in [0.2, 0.25) is 0 Å². The molecule has 0 aliphatic carbocycles. The number of piperidine rings is 1. The summed E-state index contributed by atoms with van der Waals surface area (Å²) in [6.07, 6.45) is 1.78. The number of pyridine rings is 1. The van der Waals surface area contributed by atoms with Crippen LogP contribution in [0.5, 0.6) is 0 Å².